The highest BCUT2D eigenvalue weighted by atomic mass is 19.4. The minimum Gasteiger partial charge on any atom is -0.475 e. The van der Waals surface area contributed by atoms with Crippen molar-refractivity contribution < 1.29 is 27.9 Å². The number of carboxylic acids is 1. The van der Waals surface area contributed by atoms with Crippen LogP contribution in [-0.4, -0.2) is 29.2 Å². The van der Waals surface area contributed by atoms with E-state index in [1.54, 1.807) is 0 Å². The molecule has 0 aliphatic heterocycles. The molecular formula is C27H27F3N2O3. The summed E-state index contributed by atoms with van der Waals surface area (Å²) in [6.45, 7) is 3.62. The molecule has 8 heteroatoms. The van der Waals surface area contributed by atoms with Gasteiger partial charge in [-0.3, -0.25) is 4.79 Å². The molecule has 3 N–H and O–H groups in total. The molecule has 1 aliphatic carbocycles. The number of halogens is 3. The van der Waals surface area contributed by atoms with Gasteiger partial charge in [-0.15, -0.1) is 0 Å². The second-order valence-electron chi connectivity index (χ2n) is 8.35. The van der Waals surface area contributed by atoms with E-state index in [4.69, 9.17) is 9.90 Å². The SMILES string of the molecule is Cc1ccccc1CNC1CC1c1ccc(C(=O)NCc2ccccc2)cc1.O=C(O)C(F)(F)F. The summed E-state index contributed by atoms with van der Waals surface area (Å²) in [7, 11) is 0. The normalized spacial score (nSPS) is 16.6. The fourth-order valence-electron chi connectivity index (χ4n) is 3.60. The molecule has 0 bridgehead atoms. The molecule has 1 amide bonds. The van der Waals surface area contributed by atoms with E-state index in [1.807, 2.05) is 42.5 Å². The molecule has 0 spiro atoms. The number of carbonyl (C=O) groups is 2. The van der Waals surface area contributed by atoms with Crippen LogP contribution in [0, 0.1) is 6.92 Å². The second kappa shape index (κ2) is 11.7. The van der Waals surface area contributed by atoms with Crippen molar-refractivity contribution in [2.75, 3.05) is 0 Å². The molecule has 2 atom stereocenters. The molecular weight excluding hydrogens is 457 g/mol. The summed E-state index contributed by atoms with van der Waals surface area (Å²) < 4.78 is 31.7. The van der Waals surface area contributed by atoms with E-state index in [2.05, 4.69) is 54.0 Å². The van der Waals surface area contributed by atoms with Crippen LogP contribution in [0.1, 0.15) is 45.0 Å². The van der Waals surface area contributed by atoms with Gasteiger partial charge in [-0.1, -0.05) is 66.7 Å². The fraction of sp³-hybridized carbons (Fsp3) is 0.259. The third kappa shape index (κ3) is 7.96. The van der Waals surface area contributed by atoms with E-state index >= 15 is 0 Å². The van der Waals surface area contributed by atoms with E-state index in [9.17, 15) is 18.0 Å². The molecule has 1 aliphatic rings. The molecule has 2 unspecified atom stereocenters. The number of carboxylic acid groups (broad SMARTS) is 1. The van der Waals surface area contributed by atoms with Crippen LogP contribution in [0.2, 0.25) is 0 Å². The molecule has 1 fully saturated rings. The van der Waals surface area contributed by atoms with Gasteiger partial charge in [0.25, 0.3) is 5.91 Å². The van der Waals surface area contributed by atoms with Crippen LogP contribution < -0.4 is 10.6 Å². The van der Waals surface area contributed by atoms with Gasteiger partial charge in [0.05, 0.1) is 0 Å². The van der Waals surface area contributed by atoms with E-state index < -0.39 is 12.1 Å². The van der Waals surface area contributed by atoms with Gasteiger partial charge in [0.1, 0.15) is 0 Å². The summed E-state index contributed by atoms with van der Waals surface area (Å²) in [6, 6.07) is 27.1. The van der Waals surface area contributed by atoms with Gasteiger partial charge in [0.2, 0.25) is 0 Å². The van der Waals surface area contributed by atoms with Crippen LogP contribution in [0.5, 0.6) is 0 Å². The predicted molar refractivity (Wildman–Crippen MR) is 127 cm³/mol. The Hall–Kier alpha value is -3.65. The van der Waals surface area contributed by atoms with Crippen molar-refractivity contribution in [2.45, 2.75) is 44.6 Å². The highest BCUT2D eigenvalue weighted by Crippen LogP contribution is 2.41. The molecule has 35 heavy (non-hydrogen) atoms. The first-order chi connectivity index (χ1) is 16.6. The van der Waals surface area contributed by atoms with Crippen molar-refractivity contribution in [3.63, 3.8) is 0 Å². The van der Waals surface area contributed by atoms with E-state index in [0.717, 1.165) is 18.5 Å². The average Bonchev–Trinajstić information content (AvgIpc) is 3.62. The van der Waals surface area contributed by atoms with Gasteiger partial charge in [-0.2, -0.15) is 13.2 Å². The lowest BCUT2D eigenvalue weighted by atomic mass is 10.1. The summed E-state index contributed by atoms with van der Waals surface area (Å²) in [6.07, 6.45) is -3.93. The maximum Gasteiger partial charge on any atom is 0.490 e. The molecule has 3 aromatic rings. The van der Waals surface area contributed by atoms with Gasteiger partial charge in [0, 0.05) is 30.6 Å². The van der Waals surface area contributed by atoms with Crippen molar-refractivity contribution in [3.8, 4) is 0 Å². The number of nitrogens with one attached hydrogen (secondary N) is 2. The van der Waals surface area contributed by atoms with Crippen LogP contribution >= 0.6 is 0 Å². The number of aryl methyl sites for hydroxylation is 1. The Morgan fingerprint density at radius 1 is 0.914 bits per heavy atom. The quantitative estimate of drug-likeness (QED) is 0.431. The number of alkyl halides is 3. The zero-order valence-electron chi connectivity index (χ0n) is 19.2. The van der Waals surface area contributed by atoms with E-state index in [0.29, 0.717) is 24.1 Å². The molecule has 0 aromatic heterocycles. The number of aliphatic carboxylic acids is 1. The van der Waals surface area contributed by atoms with Crippen LogP contribution in [0.15, 0.2) is 78.9 Å². The Balaban J connectivity index is 0.000000429. The van der Waals surface area contributed by atoms with E-state index in [1.165, 1.54) is 16.7 Å². The van der Waals surface area contributed by atoms with Crippen molar-refractivity contribution in [2.24, 2.45) is 0 Å². The van der Waals surface area contributed by atoms with Crippen LogP contribution in [0.25, 0.3) is 0 Å². The van der Waals surface area contributed by atoms with Gasteiger partial charge in [-0.05, 0) is 47.7 Å². The number of hydrogen-bond acceptors (Lipinski definition) is 3. The number of rotatable bonds is 7. The number of benzene rings is 3. The van der Waals surface area contributed by atoms with Gasteiger partial charge in [0.15, 0.2) is 0 Å². The molecule has 3 aromatic carbocycles. The number of hydrogen-bond donors (Lipinski definition) is 3. The van der Waals surface area contributed by atoms with Crippen molar-refractivity contribution in [3.05, 3.63) is 107 Å². The summed E-state index contributed by atoms with van der Waals surface area (Å²) >= 11 is 0. The lowest BCUT2D eigenvalue weighted by molar-refractivity contribution is -0.192. The standard InChI is InChI=1S/C25H26N2O.C2HF3O2/c1-18-7-5-6-10-22(18)17-26-24-15-23(24)20-11-13-21(14-12-20)25(28)27-16-19-8-3-2-4-9-19;3-2(4,5)1(6)7/h2-14,23-24,26H,15-17H2,1H3,(H,27,28);(H,6,7). The van der Waals surface area contributed by atoms with Crippen molar-refractivity contribution >= 4 is 11.9 Å². The Morgan fingerprint density at radius 2 is 1.51 bits per heavy atom. The first kappa shape index (κ1) is 26.0. The topological polar surface area (TPSA) is 78.4 Å². The number of amides is 1. The molecule has 5 nitrogen and oxygen atoms in total. The first-order valence-corrected chi connectivity index (χ1v) is 11.1. The van der Waals surface area contributed by atoms with Gasteiger partial charge >= 0.3 is 12.1 Å². The molecule has 1 saturated carbocycles. The van der Waals surface area contributed by atoms with Gasteiger partial charge in [-0.25, -0.2) is 4.79 Å². The van der Waals surface area contributed by atoms with Crippen molar-refractivity contribution in [1.29, 1.82) is 0 Å². The largest absolute Gasteiger partial charge is 0.490 e. The average molecular weight is 485 g/mol. The Kier molecular flexibility index (Phi) is 8.65. The van der Waals surface area contributed by atoms with E-state index in [-0.39, 0.29) is 5.91 Å². The van der Waals surface area contributed by atoms with Crippen LogP contribution in [0.3, 0.4) is 0 Å². The maximum atomic E-state index is 12.3. The highest BCUT2D eigenvalue weighted by molar-refractivity contribution is 5.94. The lowest BCUT2D eigenvalue weighted by Gasteiger charge is -2.08. The summed E-state index contributed by atoms with van der Waals surface area (Å²) in [5.41, 5.74) is 5.82. The minimum absolute atomic E-state index is 0.0274. The summed E-state index contributed by atoms with van der Waals surface area (Å²) in [5, 5.41) is 13.8. The number of carbonyl (C=O) groups excluding carboxylic acids is 1. The molecule has 184 valence electrons. The Bertz CT molecular complexity index is 1130. The predicted octanol–water partition coefficient (Wildman–Crippen LogP) is 5.20. The monoisotopic (exact) mass is 484 g/mol. The fourth-order valence-corrected chi connectivity index (χ4v) is 3.60. The Labute approximate surface area is 202 Å². The molecule has 0 radical (unpaired) electrons. The second-order valence-corrected chi connectivity index (χ2v) is 8.35. The minimum atomic E-state index is -5.08. The Morgan fingerprint density at radius 3 is 2.11 bits per heavy atom. The van der Waals surface area contributed by atoms with Gasteiger partial charge < -0.3 is 15.7 Å². The van der Waals surface area contributed by atoms with Crippen LogP contribution in [0.4, 0.5) is 13.2 Å². The molecule has 0 saturated heterocycles. The third-order valence-electron chi connectivity index (χ3n) is 5.75. The smallest absolute Gasteiger partial charge is 0.475 e. The van der Waals surface area contributed by atoms with Crippen LogP contribution in [-0.2, 0) is 17.9 Å². The molecule has 4 rings (SSSR count). The zero-order chi connectivity index (χ0) is 25.4. The molecule has 0 heterocycles. The third-order valence-corrected chi connectivity index (χ3v) is 5.75. The summed E-state index contributed by atoms with van der Waals surface area (Å²) in [4.78, 5) is 21.2. The highest BCUT2D eigenvalue weighted by Gasteiger charge is 2.38. The van der Waals surface area contributed by atoms with Crippen molar-refractivity contribution in [1.82, 2.24) is 10.6 Å². The maximum absolute atomic E-state index is 12.3. The lowest BCUT2D eigenvalue weighted by Crippen LogP contribution is -2.22. The summed E-state index contributed by atoms with van der Waals surface area (Å²) in [5.74, 6) is -2.24. The zero-order valence-corrected chi connectivity index (χ0v) is 19.2. The first-order valence-electron chi connectivity index (χ1n) is 11.1.